The topological polar surface area (TPSA) is 15.3 Å². The molecule has 0 aromatic heterocycles. The molecule has 18 heavy (non-hydrogen) atoms. The minimum Gasteiger partial charge on any atom is -0.316 e. The molecule has 0 amide bonds. The van der Waals surface area contributed by atoms with Crippen molar-refractivity contribution in [1.82, 2.24) is 10.2 Å². The smallest absolute Gasteiger partial charge is 0.0169 e. The molecule has 1 aliphatic carbocycles. The predicted molar refractivity (Wildman–Crippen MR) is 78.7 cm³/mol. The molecule has 0 spiro atoms. The molecule has 1 N–H and O–H groups in total. The van der Waals surface area contributed by atoms with Gasteiger partial charge in [-0.05, 0) is 19.9 Å². The summed E-state index contributed by atoms with van der Waals surface area (Å²) in [7, 11) is 2.10. The quantitative estimate of drug-likeness (QED) is 0.773. The van der Waals surface area contributed by atoms with Gasteiger partial charge in [0.25, 0.3) is 0 Å². The maximum atomic E-state index is 3.86. The van der Waals surface area contributed by atoms with Crippen molar-refractivity contribution in [2.75, 3.05) is 26.7 Å². The fourth-order valence-corrected chi connectivity index (χ4v) is 4.20. The summed E-state index contributed by atoms with van der Waals surface area (Å²) in [5.41, 5.74) is 2.31. The molecule has 0 bridgehead atoms. The summed E-state index contributed by atoms with van der Waals surface area (Å²) in [5.74, 6) is 0. The summed E-state index contributed by atoms with van der Waals surface area (Å²) in [6.45, 7) is 14.4. The van der Waals surface area contributed by atoms with E-state index < -0.39 is 0 Å². The van der Waals surface area contributed by atoms with Gasteiger partial charge in [0.1, 0.15) is 0 Å². The van der Waals surface area contributed by atoms with Crippen LogP contribution in [0.5, 0.6) is 0 Å². The van der Waals surface area contributed by atoms with Crippen molar-refractivity contribution in [1.29, 1.82) is 0 Å². The van der Waals surface area contributed by atoms with Gasteiger partial charge in [0.2, 0.25) is 0 Å². The Morgan fingerprint density at radius 3 is 2.83 bits per heavy atom. The Morgan fingerprint density at radius 1 is 1.50 bits per heavy atom. The maximum Gasteiger partial charge on any atom is 0.0169 e. The summed E-state index contributed by atoms with van der Waals surface area (Å²) < 4.78 is 0. The zero-order chi connectivity index (χ0) is 13.4. The van der Waals surface area contributed by atoms with Gasteiger partial charge in [-0.25, -0.2) is 0 Å². The number of hydrogen-bond acceptors (Lipinski definition) is 2. The molecular formula is C16H28N2. The van der Waals surface area contributed by atoms with E-state index in [1.165, 1.54) is 19.4 Å². The van der Waals surface area contributed by atoms with E-state index in [0.717, 1.165) is 13.1 Å². The molecule has 1 saturated carbocycles. The highest BCUT2D eigenvalue weighted by Crippen LogP contribution is 2.52. The van der Waals surface area contributed by atoms with E-state index in [4.69, 9.17) is 0 Å². The SMILES string of the molecule is C=CCN1CC=C2C(C)(C)[C@@H](NC)CC[C@]2(C)C1. The lowest BCUT2D eigenvalue weighted by molar-refractivity contribution is 0.0978. The lowest BCUT2D eigenvalue weighted by atomic mass is 9.57. The number of nitrogens with one attached hydrogen (secondary N) is 1. The van der Waals surface area contributed by atoms with Crippen LogP contribution < -0.4 is 5.32 Å². The molecule has 0 radical (unpaired) electrons. The van der Waals surface area contributed by atoms with E-state index in [1.807, 2.05) is 6.08 Å². The second-order valence-electron chi connectivity index (χ2n) is 6.76. The summed E-state index contributed by atoms with van der Waals surface area (Å²) in [5, 5.41) is 3.51. The van der Waals surface area contributed by atoms with Gasteiger partial charge in [0.15, 0.2) is 0 Å². The summed E-state index contributed by atoms with van der Waals surface area (Å²) in [6.07, 6.45) is 7.07. The zero-order valence-corrected chi connectivity index (χ0v) is 12.4. The van der Waals surface area contributed by atoms with Crippen molar-refractivity contribution in [2.24, 2.45) is 10.8 Å². The first-order chi connectivity index (χ1) is 8.44. The van der Waals surface area contributed by atoms with E-state index in [-0.39, 0.29) is 5.41 Å². The standard InChI is InChI=1S/C16H28N2/c1-6-10-18-11-8-13-15(2,3)14(17-5)7-9-16(13,4)12-18/h6,8,14,17H,1,7,9-12H2,2-5H3/t14-,16+/m0/s1. The molecular weight excluding hydrogens is 220 g/mol. The van der Waals surface area contributed by atoms with Gasteiger partial charge < -0.3 is 5.32 Å². The summed E-state index contributed by atoms with van der Waals surface area (Å²) >= 11 is 0. The van der Waals surface area contributed by atoms with Crippen LogP contribution in [0.25, 0.3) is 0 Å². The third-order valence-corrected chi connectivity index (χ3v) is 5.06. The molecule has 102 valence electrons. The Hall–Kier alpha value is -0.600. The second-order valence-corrected chi connectivity index (χ2v) is 6.76. The van der Waals surface area contributed by atoms with Crippen LogP contribution in [-0.4, -0.2) is 37.6 Å². The normalized spacial score (nSPS) is 35.8. The largest absolute Gasteiger partial charge is 0.316 e. The van der Waals surface area contributed by atoms with E-state index in [0.29, 0.717) is 11.5 Å². The monoisotopic (exact) mass is 248 g/mol. The molecule has 2 rings (SSSR count). The van der Waals surface area contributed by atoms with Crippen LogP contribution in [0, 0.1) is 10.8 Å². The van der Waals surface area contributed by atoms with Crippen molar-refractivity contribution in [2.45, 2.75) is 39.7 Å². The number of hydrogen-bond donors (Lipinski definition) is 1. The fraction of sp³-hybridized carbons (Fsp3) is 0.750. The molecule has 1 aliphatic heterocycles. The van der Waals surface area contributed by atoms with E-state index >= 15 is 0 Å². The average molecular weight is 248 g/mol. The van der Waals surface area contributed by atoms with Gasteiger partial charge in [0.05, 0.1) is 0 Å². The molecule has 0 unspecified atom stereocenters. The minimum atomic E-state index is 0.280. The number of fused-ring (bicyclic) bond motifs is 1. The third kappa shape index (κ3) is 2.17. The highest BCUT2D eigenvalue weighted by atomic mass is 15.1. The van der Waals surface area contributed by atoms with Crippen LogP contribution in [-0.2, 0) is 0 Å². The lowest BCUT2D eigenvalue weighted by Crippen LogP contribution is -2.54. The second kappa shape index (κ2) is 4.82. The fourth-order valence-electron chi connectivity index (χ4n) is 4.20. The van der Waals surface area contributed by atoms with Crippen LogP contribution in [0.4, 0.5) is 0 Å². The molecule has 1 fully saturated rings. The molecule has 2 atom stereocenters. The van der Waals surface area contributed by atoms with Gasteiger partial charge in [-0.1, -0.05) is 38.5 Å². The van der Waals surface area contributed by atoms with Crippen molar-refractivity contribution >= 4 is 0 Å². The van der Waals surface area contributed by atoms with Gasteiger partial charge >= 0.3 is 0 Å². The van der Waals surface area contributed by atoms with Crippen LogP contribution in [0.15, 0.2) is 24.3 Å². The van der Waals surface area contributed by atoms with Gasteiger partial charge in [-0.3, -0.25) is 4.90 Å². The third-order valence-electron chi connectivity index (χ3n) is 5.06. The van der Waals surface area contributed by atoms with Gasteiger partial charge in [-0.2, -0.15) is 0 Å². The Bertz CT molecular complexity index is 356. The Balaban J connectivity index is 2.28. The summed E-state index contributed by atoms with van der Waals surface area (Å²) in [4.78, 5) is 2.51. The van der Waals surface area contributed by atoms with Gasteiger partial charge in [0, 0.05) is 36.5 Å². The predicted octanol–water partition coefficient (Wildman–Crippen LogP) is 2.83. The molecule has 1 heterocycles. The van der Waals surface area contributed by atoms with Crippen molar-refractivity contribution in [3.63, 3.8) is 0 Å². The van der Waals surface area contributed by atoms with E-state index in [1.54, 1.807) is 5.57 Å². The number of nitrogens with zero attached hydrogens (tertiary/aromatic N) is 1. The van der Waals surface area contributed by atoms with Crippen LogP contribution in [0.2, 0.25) is 0 Å². The Morgan fingerprint density at radius 2 is 2.22 bits per heavy atom. The molecule has 0 saturated heterocycles. The van der Waals surface area contributed by atoms with Gasteiger partial charge in [-0.15, -0.1) is 6.58 Å². The molecule has 0 aromatic carbocycles. The highest BCUT2D eigenvalue weighted by molar-refractivity contribution is 5.29. The lowest BCUT2D eigenvalue weighted by Gasteiger charge is -2.54. The molecule has 2 nitrogen and oxygen atoms in total. The maximum absolute atomic E-state index is 3.86. The molecule has 2 aliphatic rings. The first kappa shape index (κ1) is 13.8. The average Bonchev–Trinajstić information content (AvgIpc) is 2.28. The Labute approximate surface area is 112 Å². The van der Waals surface area contributed by atoms with Crippen molar-refractivity contribution in [3.8, 4) is 0 Å². The molecule has 2 heteroatoms. The summed E-state index contributed by atoms with van der Waals surface area (Å²) in [6, 6.07) is 0.614. The van der Waals surface area contributed by atoms with Crippen LogP contribution in [0.3, 0.4) is 0 Å². The first-order valence-electron chi connectivity index (χ1n) is 7.15. The zero-order valence-electron chi connectivity index (χ0n) is 12.4. The van der Waals surface area contributed by atoms with E-state index in [9.17, 15) is 0 Å². The van der Waals surface area contributed by atoms with Crippen molar-refractivity contribution in [3.05, 3.63) is 24.3 Å². The van der Waals surface area contributed by atoms with Crippen LogP contribution >= 0.6 is 0 Å². The molecule has 0 aromatic rings. The highest BCUT2D eigenvalue weighted by Gasteiger charge is 2.48. The van der Waals surface area contributed by atoms with Crippen LogP contribution in [0.1, 0.15) is 33.6 Å². The van der Waals surface area contributed by atoms with E-state index in [2.05, 4.69) is 50.7 Å². The Kier molecular flexibility index (Phi) is 3.70. The minimum absolute atomic E-state index is 0.280. The number of rotatable bonds is 3. The van der Waals surface area contributed by atoms with Crippen molar-refractivity contribution < 1.29 is 0 Å². The first-order valence-corrected chi connectivity index (χ1v) is 7.15.